The topological polar surface area (TPSA) is 52.3 Å². The highest BCUT2D eigenvalue weighted by molar-refractivity contribution is 9.10. The van der Waals surface area contributed by atoms with Crippen LogP contribution in [0.25, 0.3) is 11.1 Å². The molecule has 3 aromatic rings. The summed E-state index contributed by atoms with van der Waals surface area (Å²) in [4.78, 5) is 16.2. The zero-order valence-corrected chi connectivity index (χ0v) is 12.2. The van der Waals surface area contributed by atoms with E-state index in [1.54, 1.807) is 49.4 Å². The lowest BCUT2D eigenvalue weighted by Gasteiger charge is -2.04. The third-order valence-electron chi connectivity index (χ3n) is 2.76. The molecule has 20 heavy (non-hydrogen) atoms. The highest BCUT2D eigenvalue weighted by Gasteiger charge is 2.10. The molecule has 0 fully saturated rings. The average Bonchev–Trinajstić information content (AvgIpc) is 2.78. The van der Waals surface area contributed by atoms with E-state index in [-0.39, 0.29) is 0 Å². The van der Waals surface area contributed by atoms with Crippen molar-refractivity contribution in [1.29, 1.82) is 0 Å². The number of carbonyl (C=O) groups excluding carboxylic acids is 1. The van der Waals surface area contributed by atoms with Crippen molar-refractivity contribution in [2.24, 2.45) is 0 Å². The summed E-state index contributed by atoms with van der Waals surface area (Å²) in [5.41, 5.74) is 1.83. The van der Waals surface area contributed by atoms with Crippen LogP contribution in [-0.2, 0) is 0 Å². The lowest BCUT2D eigenvalue weighted by molar-refractivity contribution is 0.0735. The maximum Gasteiger partial charge on any atom is 0.343 e. The van der Waals surface area contributed by atoms with Crippen molar-refractivity contribution >= 4 is 33.0 Å². The predicted molar refractivity (Wildman–Crippen MR) is 77.8 cm³/mol. The minimum Gasteiger partial charge on any atom is -0.441 e. The number of benzene rings is 2. The van der Waals surface area contributed by atoms with Gasteiger partial charge in [-0.3, -0.25) is 0 Å². The van der Waals surface area contributed by atoms with Crippen molar-refractivity contribution in [3.05, 3.63) is 58.4 Å². The van der Waals surface area contributed by atoms with Gasteiger partial charge in [-0.25, -0.2) is 9.78 Å². The molecule has 4 nitrogen and oxygen atoms in total. The van der Waals surface area contributed by atoms with Crippen LogP contribution in [0.5, 0.6) is 5.75 Å². The number of aryl methyl sites for hydroxylation is 1. The van der Waals surface area contributed by atoms with E-state index < -0.39 is 5.97 Å². The zero-order valence-electron chi connectivity index (χ0n) is 10.6. The molecule has 2 aromatic carbocycles. The van der Waals surface area contributed by atoms with E-state index in [1.165, 1.54) is 0 Å². The standard InChI is InChI=1S/C15H10BrNO3/c1-9-17-13-8-12(6-7-14(13)19-9)20-15(18)10-2-4-11(16)5-3-10/h2-8H,1H3. The van der Waals surface area contributed by atoms with Crippen LogP contribution in [0, 0.1) is 6.92 Å². The van der Waals surface area contributed by atoms with Gasteiger partial charge in [-0.05, 0) is 36.4 Å². The number of halogens is 1. The summed E-state index contributed by atoms with van der Waals surface area (Å²) in [5.74, 6) is 0.618. The Balaban J connectivity index is 1.84. The molecule has 0 spiro atoms. The molecule has 1 heterocycles. The van der Waals surface area contributed by atoms with Crippen LogP contribution in [0.4, 0.5) is 0 Å². The Kier molecular flexibility index (Phi) is 3.28. The molecule has 0 saturated carbocycles. The number of nitrogens with zero attached hydrogens (tertiary/aromatic N) is 1. The minimum atomic E-state index is -0.405. The second-order valence-corrected chi connectivity index (χ2v) is 5.17. The summed E-state index contributed by atoms with van der Waals surface area (Å²) in [5, 5.41) is 0. The second-order valence-electron chi connectivity index (χ2n) is 4.26. The van der Waals surface area contributed by atoms with Crippen LogP contribution in [0.2, 0.25) is 0 Å². The lowest BCUT2D eigenvalue weighted by atomic mass is 10.2. The van der Waals surface area contributed by atoms with Gasteiger partial charge in [0.1, 0.15) is 11.3 Å². The first-order chi connectivity index (χ1) is 9.61. The van der Waals surface area contributed by atoms with E-state index >= 15 is 0 Å². The molecule has 5 heteroatoms. The fraction of sp³-hybridized carbons (Fsp3) is 0.0667. The number of esters is 1. The summed E-state index contributed by atoms with van der Waals surface area (Å²) in [6.45, 7) is 1.77. The monoisotopic (exact) mass is 331 g/mol. The van der Waals surface area contributed by atoms with Gasteiger partial charge in [-0.15, -0.1) is 0 Å². The minimum absolute atomic E-state index is 0.405. The average molecular weight is 332 g/mol. The third kappa shape index (κ3) is 2.58. The molecule has 0 atom stereocenters. The van der Waals surface area contributed by atoms with Crippen molar-refractivity contribution in [3.63, 3.8) is 0 Å². The highest BCUT2D eigenvalue weighted by atomic mass is 79.9. The molecular formula is C15H10BrNO3. The molecule has 0 bridgehead atoms. The molecule has 0 radical (unpaired) electrons. The number of rotatable bonds is 2. The van der Waals surface area contributed by atoms with Gasteiger partial charge in [-0.1, -0.05) is 15.9 Å². The number of hydrogen-bond donors (Lipinski definition) is 0. The van der Waals surface area contributed by atoms with Gasteiger partial charge in [0, 0.05) is 17.5 Å². The summed E-state index contributed by atoms with van der Waals surface area (Å²) in [7, 11) is 0. The van der Waals surface area contributed by atoms with E-state index in [0.717, 1.165) is 4.47 Å². The fourth-order valence-electron chi connectivity index (χ4n) is 1.84. The molecule has 1 aromatic heterocycles. The molecule has 0 aliphatic rings. The number of oxazole rings is 1. The molecule has 0 amide bonds. The number of aromatic nitrogens is 1. The van der Waals surface area contributed by atoms with Gasteiger partial charge in [0.15, 0.2) is 11.5 Å². The predicted octanol–water partition coefficient (Wildman–Crippen LogP) is 4.12. The van der Waals surface area contributed by atoms with Crippen LogP contribution >= 0.6 is 15.9 Å². The first-order valence-electron chi connectivity index (χ1n) is 5.97. The lowest BCUT2D eigenvalue weighted by Crippen LogP contribution is -2.08. The molecule has 0 aliphatic carbocycles. The van der Waals surface area contributed by atoms with Gasteiger partial charge in [0.25, 0.3) is 0 Å². The van der Waals surface area contributed by atoms with Crippen LogP contribution < -0.4 is 4.74 Å². The van der Waals surface area contributed by atoms with Crippen LogP contribution in [0.3, 0.4) is 0 Å². The van der Waals surface area contributed by atoms with Crippen molar-refractivity contribution in [1.82, 2.24) is 4.98 Å². The van der Waals surface area contributed by atoms with Crippen molar-refractivity contribution in [2.45, 2.75) is 6.92 Å². The molecule has 0 saturated heterocycles. The molecule has 0 unspecified atom stereocenters. The Morgan fingerprint density at radius 3 is 2.70 bits per heavy atom. The first kappa shape index (κ1) is 12.9. The first-order valence-corrected chi connectivity index (χ1v) is 6.76. The summed E-state index contributed by atoms with van der Waals surface area (Å²) in [6, 6.07) is 12.1. The molecule has 0 aliphatic heterocycles. The Bertz CT molecular complexity index is 777. The Morgan fingerprint density at radius 2 is 1.95 bits per heavy atom. The number of fused-ring (bicyclic) bond motifs is 1. The van der Waals surface area contributed by atoms with Crippen molar-refractivity contribution in [2.75, 3.05) is 0 Å². The second kappa shape index (κ2) is 5.09. The number of carbonyl (C=O) groups is 1. The Hall–Kier alpha value is -2.14. The smallest absolute Gasteiger partial charge is 0.343 e. The highest BCUT2D eigenvalue weighted by Crippen LogP contribution is 2.22. The van der Waals surface area contributed by atoms with E-state index in [4.69, 9.17) is 9.15 Å². The summed E-state index contributed by atoms with van der Waals surface area (Å²) in [6.07, 6.45) is 0. The van der Waals surface area contributed by atoms with Crippen LogP contribution in [0.15, 0.2) is 51.4 Å². The van der Waals surface area contributed by atoms with Gasteiger partial charge in [0.05, 0.1) is 5.56 Å². The van der Waals surface area contributed by atoms with Crippen molar-refractivity contribution < 1.29 is 13.9 Å². The number of ether oxygens (including phenoxy) is 1. The summed E-state index contributed by atoms with van der Waals surface area (Å²) >= 11 is 3.32. The number of hydrogen-bond acceptors (Lipinski definition) is 4. The molecule has 0 N–H and O–H groups in total. The van der Waals surface area contributed by atoms with E-state index in [9.17, 15) is 4.79 Å². The van der Waals surface area contributed by atoms with Gasteiger partial charge < -0.3 is 9.15 Å². The van der Waals surface area contributed by atoms with Gasteiger partial charge >= 0.3 is 5.97 Å². The quantitative estimate of drug-likeness (QED) is 0.523. The third-order valence-corrected chi connectivity index (χ3v) is 3.29. The fourth-order valence-corrected chi connectivity index (χ4v) is 2.10. The Morgan fingerprint density at radius 1 is 1.20 bits per heavy atom. The maximum atomic E-state index is 12.0. The normalized spacial score (nSPS) is 10.7. The Labute approximate surface area is 123 Å². The maximum absolute atomic E-state index is 12.0. The van der Waals surface area contributed by atoms with E-state index in [1.807, 2.05) is 0 Å². The van der Waals surface area contributed by atoms with Crippen molar-refractivity contribution in [3.8, 4) is 5.75 Å². The van der Waals surface area contributed by atoms with E-state index in [2.05, 4.69) is 20.9 Å². The molecular weight excluding hydrogens is 322 g/mol. The van der Waals surface area contributed by atoms with Gasteiger partial charge in [0.2, 0.25) is 0 Å². The summed E-state index contributed by atoms with van der Waals surface area (Å²) < 4.78 is 11.6. The SMILES string of the molecule is Cc1nc2cc(OC(=O)c3ccc(Br)cc3)ccc2o1. The van der Waals surface area contributed by atoms with Crippen LogP contribution in [-0.4, -0.2) is 11.0 Å². The van der Waals surface area contributed by atoms with Crippen LogP contribution in [0.1, 0.15) is 16.2 Å². The largest absolute Gasteiger partial charge is 0.441 e. The zero-order chi connectivity index (χ0) is 14.1. The molecule has 100 valence electrons. The van der Waals surface area contributed by atoms with Gasteiger partial charge in [-0.2, -0.15) is 0 Å². The molecule has 3 rings (SSSR count). The van der Waals surface area contributed by atoms with E-state index in [0.29, 0.717) is 28.3 Å².